The molecule has 0 aromatic rings. The number of carbonyl (C=O) groups excluding carboxylic acids is 1. The fourth-order valence-electron chi connectivity index (χ4n) is 2.02. The smallest absolute Gasteiger partial charge is 0.340 e. The topological polar surface area (TPSA) is 54.0 Å². The lowest BCUT2D eigenvalue weighted by Gasteiger charge is -2.32. The molecule has 0 saturated heterocycles. The largest absolute Gasteiger partial charge is 0.462 e. The van der Waals surface area contributed by atoms with E-state index >= 15 is 0 Å². The number of ether oxygens (including phenoxy) is 4. The molecular formula is C14H22F2O5. The van der Waals surface area contributed by atoms with E-state index in [4.69, 9.17) is 18.9 Å². The van der Waals surface area contributed by atoms with E-state index in [-0.39, 0.29) is 25.2 Å². The fraction of sp³-hybridized carbons (Fsp3) is 0.786. The highest BCUT2D eigenvalue weighted by molar-refractivity contribution is 5.90. The summed E-state index contributed by atoms with van der Waals surface area (Å²) in [5.41, 5.74) is -0.245. The summed E-state index contributed by atoms with van der Waals surface area (Å²) in [7, 11) is 0. The van der Waals surface area contributed by atoms with Gasteiger partial charge in [-0.05, 0) is 20.3 Å². The molecule has 2 unspecified atom stereocenters. The van der Waals surface area contributed by atoms with Crippen molar-refractivity contribution in [3.05, 3.63) is 11.3 Å². The van der Waals surface area contributed by atoms with Crippen LogP contribution in [0.3, 0.4) is 0 Å². The van der Waals surface area contributed by atoms with E-state index in [1.807, 2.05) is 6.92 Å². The highest BCUT2D eigenvalue weighted by Gasteiger charge is 2.39. The Morgan fingerprint density at radius 3 is 2.52 bits per heavy atom. The fourth-order valence-corrected chi connectivity index (χ4v) is 2.02. The van der Waals surface area contributed by atoms with Crippen LogP contribution in [0.15, 0.2) is 11.3 Å². The summed E-state index contributed by atoms with van der Waals surface area (Å²) in [6, 6.07) is 0. The minimum absolute atomic E-state index is 0.0907. The number of carbonyl (C=O) groups is 1. The third-order valence-corrected chi connectivity index (χ3v) is 2.82. The van der Waals surface area contributed by atoms with Crippen LogP contribution in [0.2, 0.25) is 0 Å². The zero-order valence-electron chi connectivity index (χ0n) is 12.6. The summed E-state index contributed by atoms with van der Waals surface area (Å²) >= 11 is 0. The number of alkyl halides is 2. The van der Waals surface area contributed by atoms with E-state index in [0.29, 0.717) is 6.61 Å². The van der Waals surface area contributed by atoms with Crippen LogP contribution in [-0.4, -0.2) is 44.6 Å². The monoisotopic (exact) mass is 308 g/mol. The molecule has 21 heavy (non-hydrogen) atoms. The van der Waals surface area contributed by atoms with E-state index in [1.165, 1.54) is 0 Å². The molecule has 0 N–H and O–H groups in total. The van der Waals surface area contributed by atoms with Gasteiger partial charge in [-0.15, -0.1) is 0 Å². The second-order valence-corrected chi connectivity index (χ2v) is 4.40. The maximum Gasteiger partial charge on any atom is 0.340 e. The van der Waals surface area contributed by atoms with Crippen LogP contribution < -0.4 is 0 Å². The average molecular weight is 308 g/mol. The van der Waals surface area contributed by atoms with E-state index in [0.717, 1.165) is 6.42 Å². The van der Waals surface area contributed by atoms with Gasteiger partial charge in [-0.25, -0.2) is 13.6 Å². The van der Waals surface area contributed by atoms with Crippen LogP contribution >= 0.6 is 0 Å². The first-order valence-electron chi connectivity index (χ1n) is 7.14. The first kappa shape index (κ1) is 17.8. The molecule has 5 nitrogen and oxygen atoms in total. The number of rotatable bonds is 8. The van der Waals surface area contributed by atoms with E-state index < -0.39 is 30.5 Å². The van der Waals surface area contributed by atoms with Gasteiger partial charge in [0.05, 0.1) is 19.3 Å². The van der Waals surface area contributed by atoms with Crippen molar-refractivity contribution >= 4 is 5.97 Å². The summed E-state index contributed by atoms with van der Waals surface area (Å²) < 4.78 is 47.1. The molecule has 0 radical (unpaired) electrons. The third-order valence-electron chi connectivity index (χ3n) is 2.82. The second-order valence-electron chi connectivity index (χ2n) is 4.40. The quantitative estimate of drug-likeness (QED) is 0.645. The summed E-state index contributed by atoms with van der Waals surface area (Å²) in [6.45, 7) is 5.98. The molecule has 0 spiro atoms. The average Bonchev–Trinajstić information content (AvgIpc) is 2.45. The van der Waals surface area contributed by atoms with Crippen molar-refractivity contribution in [1.29, 1.82) is 0 Å². The molecule has 1 aliphatic heterocycles. The van der Waals surface area contributed by atoms with E-state index in [1.54, 1.807) is 13.8 Å². The van der Waals surface area contributed by atoms with Crippen LogP contribution in [0.1, 0.15) is 33.6 Å². The number of hydrogen-bond acceptors (Lipinski definition) is 5. The molecule has 0 saturated carbocycles. The maximum absolute atomic E-state index is 13.2. The normalized spacial score (nSPS) is 22.4. The molecule has 1 rings (SSSR count). The lowest BCUT2D eigenvalue weighted by atomic mass is 10.0. The van der Waals surface area contributed by atoms with Crippen molar-refractivity contribution in [2.24, 2.45) is 0 Å². The lowest BCUT2D eigenvalue weighted by Crippen LogP contribution is -2.38. The Morgan fingerprint density at radius 2 is 2.00 bits per heavy atom. The Kier molecular flexibility index (Phi) is 7.60. The van der Waals surface area contributed by atoms with Gasteiger partial charge >= 0.3 is 5.97 Å². The predicted octanol–water partition coefficient (Wildman–Crippen LogP) is 2.65. The Morgan fingerprint density at radius 1 is 1.29 bits per heavy atom. The standard InChI is InChI=1S/C14H22F2O5/c1-4-7-20-10-8-9(18-5-2)11(14(17)19-6-3)12(21-10)13(15)16/h9-10,13H,4-8H2,1-3H3. The van der Waals surface area contributed by atoms with Gasteiger partial charge in [0, 0.05) is 13.0 Å². The van der Waals surface area contributed by atoms with Crippen molar-refractivity contribution in [3.8, 4) is 0 Å². The van der Waals surface area contributed by atoms with Gasteiger partial charge in [-0.1, -0.05) is 6.92 Å². The predicted molar refractivity (Wildman–Crippen MR) is 70.8 cm³/mol. The molecule has 7 heteroatoms. The molecule has 0 bridgehead atoms. The summed E-state index contributed by atoms with van der Waals surface area (Å²) in [4.78, 5) is 11.9. The van der Waals surface area contributed by atoms with Crippen LogP contribution in [0.5, 0.6) is 0 Å². The molecule has 0 aliphatic carbocycles. The zero-order valence-corrected chi connectivity index (χ0v) is 12.6. The maximum atomic E-state index is 13.2. The van der Waals surface area contributed by atoms with Crippen LogP contribution in [0, 0.1) is 0 Å². The summed E-state index contributed by atoms with van der Waals surface area (Å²) in [5, 5.41) is 0. The van der Waals surface area contributed by atoms with Crippen molar-refractivity contribution in [1.82, 2.24) is 0 Å². The number of halogens is 2. The van der Waals surface area contributed by atoms with Gasteiger partial charge in [0.15, 0.2) is 5.76 Å². The van der Waals surface area contributed by atoms with Crippen LogP contribution in [-0.2, 0) is 23.7 Å². The molecule has 122 valence electrons. The van der Waals surface area contributed by atoms with Gasteiger partial charge in [0.25, 0.3) is 6.43 Å². The third kappa shape index (κ3) is 4.93. The van der Waals surface area contributed by atoms with Crippen molar-refractivity contribution < 1.29 is 32.5 Å². The van der Waals surface area contributed by atoms with Crippen molar-refractivity contribution in [2.75, 3.05) is 19.8 Å². The highest BCUT2D eigenvalue weighted by Crippen LogP contribution is 2.31. The summed E-state index contributed by atoms with van der Waals surface area (Å²) in [6.07, 6.45) is -3.67. The van der Waals surface area contributed by atoms with Gasteiger partial charge in [0.2, 0.25) is 6.29 Å². The number of esters is 1. The lowest BCUT2D eigenvalue weighted by molar-refractivity contribution is -0.169. The van der Waals surface area contributed by atoms with Crippen LogP contribution in [0.4, 0.5) is 8.78 Å². The SMILES string of the molecule is CCCOC1CC(OCC)C(C(=O)OCC)=C(C(F)F)O1. The van der Waals surface area contributed by atoms with E-state index in [2.05, 4.69) is 0 Å². The Balaban J connectivity index is 3.03. The minimum atomic E-state index is -2.93. The van der Waals surface area contributed by atoms with Gasteiger partial charge in [-0.2, -0.15) is 0 Å². The molecule has 0 aromatic heterocycles. The number of allylic oxidation sites excluding steroid dienone is 1. The molecule has 0 fully saturated rings. The molecule has 1 aliphatic rings. The van der Waals surface area contributed by atoms with E-state index in [9.17, 15) is 13.6 Å². The Bertz CT molecular complexity index is 370. The first-order valence-corrected chi connectivity index (χ1v) is 7.14. The molecular weight excluding hydrogens is 286 g/mol. The van der Waals surface area contributed by atoms with Crippen molar-refractivity contribution in [2.45, 2.75) is 52.4 Å². The van der Waals surface area contributed by atoms with Crippen molar-refractivity contribution in [3.63, 3.8) is 0 Å². The van der Waals surface area contributed by atoms with Gasteiger partial charge in [0.1, 0.15) is 5.57 Å². The molecule has 2 atom stereocenters. The zero-order chi connectivity index (χ0) is 15.8. The minimum Gasteiger partial charge on any atom is -0.462 e. The van der Waals surface area contributed by atoms with Gasteiger partial charge < -0.3 is 18.9 Å². The number of hydrogen-bond donors (Lipinski definition) is 0. The Hall–Kier alpha value is -1.21. The summed E-state index contributed by atoms with van der Waals surface area (Å²) in [5.74, 6) is -1.54. The molecule has 0 amide bonds. The first-order chi connectivity index (χ1) is 10.0. The van der Waals surface area contributed by atoms with Crippen LogP contribution in [0.25, 0.3) is 0 Å². The second kappa shape index (κ2) is 8.94. The molecule has 0 aromatic carbocycles. The molecule has 1 heterocycles. The Labute approximate surface area is 123 Å². The van der Waals surface area contributed by atoms with Gasteiger partial charge in [-0.3, -0.25) is 0 Å². The highest BCUT2D eigenvalue weighted by atomic mass is 19.3.